The number of aromatic nitrogens is 2. The van der Waals surface area contributed by atoms with E-state index in [2.05, 4.69) is 27.8 Å². The maximum atomic E-state index is 13.0. The normalized spacial score (nSPS) is 21.4. The molecule has 1 amide bonds. The van der Waals surface area contributed by atoms with E-state index in [0.717, 1.165) is 69.5 Å². The van der Waals surface area contributed by atoms with Crippen molar-refractivity contribution in [3.05, 3.63) is 40.4 Å². The van der Waals surface area contributed by atoms with Gasteiger partial charge < -0.3 is 31.7 Å². The van der Waals surface area contributed by atoms with Crippen LogP contribution in [0.4, 0.5) is 11.5 Å². The Morgan fingerprint density at radius 3 is 2.59 bits per heavy atom. The molecule has 10 heteroatoms. The number of benzene rings is 1. The summed E-state index contributed by atoms with van der Waals surface area (Å²) in [6.45, 7) is 3.62. The number of anilines is 2. The molecule has 1 aromatic heterocycles. The van der Waals surface area contributed by atoms with Crippen LogP contribution in [0.2, 0.25) is 0 Å². The first-order valence-corrected chi connectivity index (χ1v) is 13.7. The van der Waals surface area contributed by atoms with Crippen molar-refractivity contribution in [1.29, 1.82) is 0 Å². The van der Waals surface area contributed by atoms with E-state index in [0.29, 0.717) is 43.5 Å². The van der Waals surface area contributed by atoms with Crippen molar-refractivity contribution >= 4 is 17.4 Å². The van der Waals surface area contributed by atoms with E-state index in [1.54, 1.807) is 10.8 Å². The minimum Gasteiger partial charge on any atom is -0.450 e. The first-order chi connectivity index (χ1) is 18.1. The molecule has 2 aliphatic heterocycles. The third-order valence-electron chi connectivity index (χ3n) is 7.99. The Labute approximate surface area is 217 Å². The SMILES string of the molecule is NCCCN(C(=O)CCN)[C@H]1CC[C@H](n2cc3c(nc2=O)Nc2cc(C4CCNCC4)ccc2O3)CC1. The van der Waals surface area contributed by atoms with Gasteiger partial charge in [0.2, 0.25) is 5.91 Å². The number of hydrogen-bond donors (Lipinski definition) is 4. The number of nitrogens with two attached hydrogens (primary N) is 2. The molecule has 3 heterocycles. The van der Waals surface area contributed by atoms with Crippen molar-refractivity contribution in [2.45, 2.75) is 69.4 Å². The summed E-state index contributed by atoms with van der Waals surface area (Å²) in [5, 5.41) is 6.74. The molecule has 6 N–H and O–H groups in total. The maximum Gasteiger partial charge on any atom is 0.350 e. The highest BCUT2D eigenvalue weighted by molar-refractivity contribution is 5.76. The van der Waals surface area contributed by atoms with Crippen LogP contribution in [0.15, 0.2) is 29.2 Å². The maximum absolute atomic E-state index is 13.0. The average molecular weight is 510 g/mol. The number of hydrogen-bond acceptors (Lipinski definition) is 8. The number of amides is 1. The van der Waals surface area contributed by atoms with E-state index >= 15 is 0 Å². The molecule has 10 nitrogen and oxygen atoms in total. The fourth-order valence-corrected chi connectivity index (χ4v) is 5.95. The Hall–Kier alpha value is -2.95. The molecular formula is C27H39N7O3. The van der Waals surface area contributed by atoms with E-state index < -0.39 is 0 Å². The van der Waals surface area contributed by atoms with Gasteiger partial charge in [-0.15, -0.1) is 0 Å². The molecule has 1 saturated heterocycles. The minimum atomic E-state index is -0.282. The smallest absolute Gasteiger partial charge is 0.350 e. The lowest BCUT2D eigenvalue weighted by Gasteiger charge is -2.37. The monoisotopic (exact) mass is 509 g/mol. The molecule has 0 unspecified atom stereocenters. The topological polar surface area (TPSA) is 141 Å². The second-order valence-corrected chi connectivity index (χ2v) is 10.4. The van der Waals surface area contributed by atoms with Gasteiger partial charge in [0.15, 0.2) is 17.3 Å². The second kappa shape index (κ2) is 11.6. The molecule has 200 valence electrons. The highest BCUT2D eigenvalue weighted by Crippen LogP contribution is 2.43. The van der Waals surface area contributed by atoms with Gasteiger partial charge in [-0.25, -0.2) is 4.79 Å². The van der Waals surface area contributed by atoms with E-state index in [4.69, 9.17) is 16.2 Å². The van der Waals surface area contributed by atoms with Crippen LogP contribution in [0.3, 0.4) is 0 Å². The standard InChI is InChI=1S/C27H39N7O3/c28-11-1-15-33(25(35)8-12-29)20-3-5-21(6-4-20)34-17-24-26(32-27(34)36)31-22-16-19(2-7-23(22)37-24)18-9-13-30-14-10-18/h2,7,16-18,20-21,30H,1,3-6,8-15,28-29H2,(H,31,32,36)/t20-,21-. The summed E-state index contributed by atoms with van der Waals surface area (Å²) < 4.78 is 7.90. The number of nitrogens with one attached hydrogen (secondary N) is 2. The van der Waals surface area contributed by atoms with Gasteiger partial charge in [-0.05, 0) is 88.2 Å². The van der Waals surface area contributed by atoms with E-state index in [1.807, 2.05) is 11.0 Å². The number of fused-ring (bicyclic) bond motifs is 2. The zero-order valence-electron chi connectivity index (χ0n) is 21.5. The van der Waals surface area contributed by atoms with Gasteiger partial charge in [-0.2, -0.15) is 4.98 Å². The van der Waals surface area contributed by atoms with E-state index in [9.17, 15) is 9.59 Å². The quantitative estimate of drug-likeness (QED) is 0.363. The van der Waals surface area contributed by atoms with Crippen LogP contribution in [0.25, 0.3) is 0 Å². The summed E-state index contributed by atoms with van der Waals surface area (Å²) in [5.41, 5.74) is 13.2. The Morgan fingerprint density at radius 2 is 1.86 bits per heavy atom. The third kappa shape index (κ3) is 5.66. The number of nitrogens with zero attached hydrogens (tertiary/aromatic N) is 3. The van der Waals surface area contributed by atoms with Gasteiger partial charge in [0.05, 0.1) is 11.9 Å². The fourth-order valence-electron chi connectivity index (χ4n) is 5.95. The summed E-state index contributed by atoms with van der Waals surface area (Å²) >= 11 is 0. The van der Waals surface area contributed by atoms with Gasteiger partial charge in [0.25, 0.3) is 0 Å². The molecule has 1 aliphatic carbocycles. The molecule has 2 fully saturated rings. The number of piperidine rings is 1. The molecule has 3 aliphatic rings. The molecule has 2 aromatic rings. The van der Waals surface area contributed by atoms with Crippen LogP contribution < -0.4 is 32.5 Å². The summed E-state index contributed by atoms with van der Waals surface area (Å²) in [6, 6.07) is 6.47. The van der Waals surface area contributed by atoms with Crippen molar-refractivity contribution in [3.8, 4) is 11.5 Å². The Bertz CT molecular complexity index is 1150. The minimum absolute atomic E-state index is 0.0230. The van der Waals surface area contributed by atoms with Gasteiger partial charge in [-0.1, -0.05) is 6.07 Å². The van der Waals surface area contributed by atoms with Crippen LogP contribution in [-0.4, -0.2) is 59.1 Å². The highest BCUT2D eigenvalue weighted by atomic mass is 16.5. The average Bonchev–Trinajstić information content (AvgIpc) is 2.92. The summed E-state index contributed by atoms with van der Waals surface area (Å²) in [7, 11) is 0. The number of rotatable bonds is 8. The second-order valence-electron chi connectivity index (χ2n) is 10.4. The van der Waals surface area contributed by atoms with Crippen LogP contribution in [0.5, 0.6) is 11.5 Å². The lowest BCUT2D eigenvalue weighted by molar-refractivity contribution is -0.134. The van der Waals surface area contributed by atoms with E-state index in [1.165, 1.54) is 5.56 Å². The molecular weight excluding hydrogens is 470 g/mol. The van der Waals surface area contributed by atoms with Gasteiger partial charge in [0.1, 0.15) is 0 Å². The Kier molecular flexibility index (Phi) is 8.07. The first kappa shape index (κ1) is 25.7. The lowest BCUT2D eigenvalue weighted by Crippen LogP contribution is -2.44. The third-order valence-corrected chi connectivity index (χ3v) is 7.99. The van der Waals surface area contributed by atoms with Gasteiger partial charge >= 0.3 is 5.69 Å². The van der Waals surface area contributed by atoms with Gasteiger partial charge in [-0.3, -0.25) is 9.36 Å². The highest BCUT2D eigenvalue weighted by Gasteiger charge is 2.30. The predicted octanol–water partition coefficient (Wildman–Crippen LogP) is 2.57. The zero-order valence-corrected chi connectivity index (χ0v) is 21.5. The van der Waals surface area contributed by atoms with Gasteiger partial charge in [0, 0.05) is 31.6 Å². The summed E-state index contributed by atoms with van der Waals surface area (Å²) in [6.07, 6.45) is 8.40. The summed E-state index contributed by atoms with van der Waals surface area (Å²) in [4.78, 5) is 32.0. The zero-order chi connectivity index (χ0) is 25.8. The fraction of sp³-hybridized carbons (Fsp3) is 0.593. The van der Waals surface area contributed by atoms with Crippen LogP contribution in [0.1, 0.15) is 68.9 Å². The van der Waals surface area contributed by atoms with Crippen molar-refractivity contribution < 1.29 is 9.53 Å². The van der Waals surface area contributed by atoms with Crippen LogP contribution >= 0.6 is 0 Å². The van der Waals surface area contributed by atoms with Crippen molar-refractivity contribution in [2.75, 3.05) is 38.0 Å². The van der Waals surface area contributed by atoms with Crippen molar-refractivity contribution in [2.24, 2.45) is 11.5 Å². The molecule has 0 atom stereocenters. The molecule has 0 bridgehead atoms. The predicted molar refractivity (Wildman–Crippen MR) is 143 cm³/mol. The van der Waals surface area contributed by atoms with Crippen LogP contribution in [0, 0.1) is 0 Å². The number of carbonyl (C=O) groups excluding carboxylic acids is 1. The Morgan fingerprint density at radius 1 is 1.08 bits per heavy atom. The lowest BCUT2D eigenvalue weighted by atomic mass is 9.89. The summed E-state index contributed by atoms with van der Waals surface area (Å²) in [5.74, 6) is 2.39. The molecule has 1 saturated carbocycles. The van der Waals surface area contributed by atoms with Crippen molar-refractivity contribution in [1.82, 2.24) is 19.8 Å². The van der Waals surface area contributed by atoms with E-state index in [-0.39, 0.29) is 23.7 Å². The molecule has 37 heavy (non-hydrogen) atoms. The van der Waals surface area contributed by atoms with Crippen LogP contribution in [-0.2, 0) is 4.79 Å². The molecule has 0 radical (unpaired) electrons. The largest absolute Gasteiger partial charge is 0.450 e. The molecule has 5 rings (SSSR count). The van der Waals surface area contributed by atoms with Crippen molar-refractivity contribution in [3.63, 3.8) is 0 Å². The molecule has 0 spiro atoms. The first-order valence-electron chi connectivity index (χ1n) is 13.7. The Balaban J connectivity index is 1.27. The molecule has 1 aromatic carbocycles. The number of ether oxygens (including phenoxy) is 1. The number of carbonyl (C=O) groups is 1.